The Morgan fingerprint density at radius 2 is 1.82 bits per heavy atom. The lowest BCUT2D eigenvalue weighted by Crippen LogP contribution is -2.52. The molecule has 0 unspecified atom stereocenters. The van der Waals surface area contributed by atoms with Gasteiger partial charge in [0.15, 0.2) is 0 Å². The Morgan fingerprint density at radius 3 is 2.45 bits per heavy atom. The number of hydrogen-bond acceptors (Lipinski definition) is 4. The zero-order chi connectivity index (χ0) is 23.5. The van der Waals surface area contributed by atoms with Crippen LogP contribution in [0.4, 0.5) is 0 Å². The van der Waals surface area contributed by atoms with Crippen LogP contribution in [-0.4, -0.2) is 36.0 Å². The molecule has 2 aliphatic rings. The number of halogens is 2. The van der Waals surface area contributed by atoms with Crippen LogP contribution in [0.3, 0.4) is 0 Å². The van der Waals surface area contributed by atoms with E-state index in [0.29, 0.717) is 29.1 Å². The molecular weight excluding hydrogens is 461 g/mol. The number of morpholine rings is 1. The first-order valence-electron chi connectivity index (χ1n) is 11.4. The molecule has 0 aromatic heterocycles. The number of benzene rings is 2. The van der Waals surface area contributed by atoms with Crippen LogP contribution in [0.1, 0.15) is 56.4 Å². The molecule has 5 nitrogen and oxygen atoms in total. The van der Waals surface area contributed by atoms with Crippen LogP contribution in [0.15, 0.2) is 48.5 Å². The second-order valence-corrected chi connectivity index (χ2v) is 10.2. The predicted molar refractivity (Wildman–Crippen MR) is 128 cm³/mol. The average molecular weight is 490 g/mol. The third-order valence-corrected chi connectivity index (χ3v) is 6.45. The van der Waals surface area contributed by atoms with Gasteiger partial charge < -0.3 is 14.4 Å². The molecule has 2 aromatic rings. The molecule has 1 aliphatic heterocycles. The van der Waals surface area contributed by atoms with Gasteiger partial charge in [-0.1, -0.05) is 61.3 Å². The van der Waals surface area contributed by atoms with Crippen LogP contribution in [0.5, 0.6) is 0 Å². The van der Waals surface area contributed by atoms with Gasteiger partial charge in [-0.05, 0) is 60.1 Å². The van der Waals surface area contributed by atoms with Crippen LogP contribution < -0.4 is 0 Å². The maximum Gasteiger partial charge on any atom is 0.308 e. The van der Waals surface area contributed by atoms with Gasteiger partial charge in [0.1, 0.15) is 12.2 Å². The van der Waals surface area contributed by atoms with Crippen LogP contribution in [0.25, 0.3) is 0 Å². The molecule has 2 aromatic carbocycles. The number of esters is 1. The summed E-state index contributed by atoms with van der Waals surface area (Å²) in [5.74, 6) is 0.0806. The van der Waals surface area contributed by atoms with E-state index in [0.717, 1.165) is 24.0 Å². The Bertz CT molecular complexity index is 990. The Morgan fingerprint density at radius 1 is 1.09 bits per heavy atom. The van der Waals surface area contributed by atoms with Crippen LogP contribution in [0, 0.1) is 11.8 Å². The van der Waals surface area contributed by atoms with Gasteiger partial charge in [0, 0.05) is 16.6 Å². The molecule has 2 fully saturated rings. The van der Waals surface area contributed by atoms with Crippen molar-refractivity contribution in [2.24, 2.45) is 11.8 Å². The summed E-state index contributed by atoms with van der Waals surface area (Å²) in [7, 11) is 0. The minimum atomic E-state index is -0.907. The highest BCUT2D eigenvalue weighted by atomic mass is 35.5. The highest BCUT2D eigenvalue weighted by Crippen LogP contribution is 2.45. The molecule has 1 saturated carbocycles. The summed E-state index contributed by atoms with van der Waals surface area (Å²) in [6.07, 6.45) is 0.694. The van der Waals surface area contributed by atoms with Crippen LogP contribution in [-0.2, 0) is 19.1 Å². The summed E-state index contributed by atoms with van der Waals surface area (Å²) in [4.78, 5) is 28.0. The van der Waals surface area contributed by atoms with Crippen LogP contribution in [0.2, 0.25) is 10.0 Å². The molecule has 0 spiro atoms. The molecule has 7 heteroatoms. The number of rotatable bonds is 8. The molecule has 1 heterocycles. The lowest BCUT2D eigenvalue weighted by molar-refractivity contribution is -0.180. The van der Waals surface area contributed by atoms with E-state index in [2.05, 4.69) is 0 Å². The maximum atomic E-state index is 13.6. The van der Waals surface area contributed by atoms with Gasteiger partial charge in [0.25, 0.3) is 5.91 Å². The molecule has 0 N–H and O–H groups in total. The monoisotopic (exact) mass is 489 g/mol. The zero-order valence-electron chi connectivity index (χ0n) is 18.9. The summed E-state index contributed by atoms with van der Waals surface area (Å²) in [6.45, 7) is 4.89. The fraction of sp³-hybridized carbons (Fsp3) is 0.462. The summed E-state index contributed by atoms with van der Waals surface area (Å²) < 4.78 is 11.7. The van der Waals surface area contributed by atoms with E-state index >= 15 is 0 Å². The van der Waals surface area contributed by atoms with Crippen molar-refractivity contribution >= 4 is 35.1 Å². The smallest absolute Gasteiger partial charge is 0.308 e. The number of carbonyl (C=O) groups excluding carboxylic acids is 2. The fourth-order valence-electron chi connectivity index (χ4n) is 4.14. The van der Waals surface area contributed by atoms with E-state index in [9.17, 15) is 9.59 Å². The van der Waals surface area contributed by atoms with Crippen molar-refractivity contribution in [3.8, 4) is 0 Å². The van der Waals surface area contributed by atoms with E-state index in [-0.39, 0.29) is 24.3 Å². The maximum absolute atomic E-state index is 13.6. The normalized spacial score (nSPS) is 23.1. The van der Waals surface area contributed by atoms with Crippen molar-refractivity contribution in [1.82, 2.24) is 4.90 Å². The fourth-order valence-corrected chi connectivity index (χ4v) is 4.47. The number of ether oxygens (including phenoxy) is 2. The third kappa shape index (κ3) is 6.08. The Balaban J connectivity index is 1.69. The SMILES string of the molecule is CC(C)COC(=O)C[C@H]1O[C@H](c2cccc(Cl)c2)[C@@H](c2ccc(Cl)cc2)N(CC2CC2)C1=O. The Hall–Kier alpha value is -2.08. The average Bonchev–Trinajstić information content (AvgIpc) is 3.60. The molecule has 0 radical (unpaired) electrons. The lowest BCUT2D eigenvalue weighted by Gasteiger charge is -2.45. The molecule has 4 rings (SSSR count). The number of nitrogens with zero attached hydrogens (tertiary/aromatic N) is 1. The van der Waals surface area contributed by atoms with Gasteiger partial charge in [-0.3, -0.25) is 9.59 Å². The molecule has 1 amide bonds. The van der Waals surface area contributed by atoms with Gasteiger partial charge in [0.05, 0.1) is 19.1 Å². The van der Waals surface area contributed by atoms with Gasteiger partial charge >= 0.3 is 5.97 Å². The van der Waals surface area contributed by atoms with E-state index in [1.165, 1.54) is 0 Å². The minimum Gasteiger partial charge on any atom is -0.465 e. The first kappa shape index (κ1) is 24.1. The van der Waals surface area contributed by atoms with Gasteiger partial charge in [0.2, 0.25) is 0 Å². The minimum absolute atomic E-state index is 0.114. The number of amides is 1. The Kier molecular flexibility index (Phi) is 7.62. The van der Waals surface area contributed by atoms with Gasteiger partial charge in [-0.15, -0.1) is 0 Å². The van der Waals surface area contributed by atoms with Gasteiger partial charge in [-0.25, -0.2) is 0 Å². The van der Waals surface area contributed by atoms with Crippen molar-refractivity contribution in [1.29, 1.82) is 0 Å². The summed E-state index contributed by atoms with van der Waals surface area (Å²) in [5.41, 5.74) is 1.79. The second-order valence-electron chi connectivity index (χ2n) is 9.31. The molecular formula is C26H29Cl2NO4. The largest absolute Gasteiger partial charge is 0.465 e. The quantitative estimate of drug-likeness (QED) is 0.426. The predicted octanol–water partition coefficient (Wildman–Crippen LogP) is 6.00. The molecule has 1 aliphatic carbocycles. The zero-order valence-corrected chi connectivity index (χ0v) is 20.4. The number of hydrogen-bond donors (Lipinski definition) is 0. The summed E-state index contributed by atoms with van der Waals surface area (Å²) in [5, 5.41) is 1.21. The topological polar surface area (TPSA) is 55.8 Å². The van der Waals surface area contributed by atoms with E-state index in [1.807, 2.05) is 61.2 Å². The van der Waals surface area contributed by atoms with Crippen molar-refractivity contribution in [3.63, 3.8) is 0 Å². The first-order chi connectivity index (χ1) is 15.8. The van der Waals surface area contributed by atoms with E-state index in [1.54, 1.807) is 6.07 Å². The summed E-state index contributed by atoms with van der Waals surface area (Å²) in [6, 6.07) is 14.6. The molecule has 0 bridgehead atoms. The molecule has 176 valence electrons. The Labute approximate surface area is 205 Å². The number of carbonyl (C=O) groups is 2. The second kappa shape index (κ2) is 10.5. The van der Waals surface area contributed by atoms with E-state index in [4.69, 9.17) is 32.7 Å². The van der Waals surface area contributed by atoms with E-state index < -0.39 is 18.2 Å². The highest BCUT2D eigenvalue weighted by molar-refractivity contribution is 6.30. The van der Waals surface area contributed by atoms with Crippen molar-refractivity contribution in [3.05, 3.63) is 69.7 Å². The lowest BCUT2D eigenvalue weighted by atomic mass is 9.91. The van der Waals surface area contributed by atoms with Crippen molar-refractivity contribution < 1.29 is 19.1 Å². The van der Waals surface area contributed by atoms with Gasteiger partial charge in [-0.2, -0.15) is 0 Å². The van der Waals surface area contributed by atoms with Crippen molar-refractivity contribution in [2.75, 3.05) is 13.2 Å². The summed E-state index contributed by atoms with van der Waals surface area (Å²) >= 11 is 12.4. The standard InChI is InChI=1S/C26H29Cl2NO4/c1-16(2)15-32-23(30)13-22-26(31)29(14-17-6-7-17)24(18-8-10-20(27)11-9-18)25(33-22)19-4-3-5-21(28)12-19/h3-5,8-12,16-17,22,24-25H,6-7,13-15H2,1-2H3/t22-,24-,25-/m1/s1. The van der Waals surface area contributed by atoms with Crippen molar-refractivity contribution in [2.45, 2.75) is 51.4 Å². The molecule has 3 atom stereocenters. The van der Waals surface area contributed by atoms with Crippen LogP contribution >= 0.6 is 23.2 Å². The molecule has 1 saturated heterocycles. The first-order valence-corrected chi connectivity index (χ1v) is 12.2. The molecule has 33 heavy (non-hydrogen) atoms. The third-order valence-electron chi connectivity index (χ3n) is 5.96. The highest BCUT2D eigenvalue weighted by Gasteiger charge is 2.46.